The largest absolute Gasteiger partial charge is 0.349 e. The highest BCUT2D eigenvalue weighted by atomic mass is 35.5. The fourth-order valence-electron chi connectivity index (χ4n) is 5.75. The summed E-state index contributed by atoms with van der Waals surface area (Å²) in [6.07, 6.45) is 1.64. The summed E-state index contributed by atoms with van der Waals surface area (Å²) in [6, 6.07) is 13.4. The number of carbonyl (C=O) groups excluding carboxylic acids is 1. The van der Waals surface area contributed by atoms with E-state index < -0.39 is 5.41 Å². The zero-order valence-electron chi connectivity index (χ0n) is 18.1. The van der Waals surface area contributed by atoms with Crippen LogP contribution in [-0.2, 0) is 15.6 Å². The first-order valence-electron chi connectivity index (χ1n) is 10.7. The lowest BCUT2D eigenvalue weighted by atomic mass is 9.63. The van der Waals surface area contributed by atoms with Gasteiger partial charge in [-0.05, 0) is 42.9 Å². The molecule has 5 rings (SSSR count). The van der Waals surface area contributed by atoms with Crippen LogP contribution in [0.5, 0.6) is 0 Å². The number of amides is 1. The lowest BCUT2D eigenvalue weighted by Crippen LogP contribution is -2.51. The van der Waals surface area contributed by atoms with Crippen molar-refractivity contribution in [2.75, 3.05) is 0 Å². The first kappa shape index (κ1) is 20.7. The lowest BCUT2D eigenvalue weighted by Gasteiger charge is -2.40. The van der Waals surface area contributed by atoms with Gasteiger partial charge in [0, 0.05) is 5.41 Å². The molecule has 4 nitrogen and oxygen atoms in total. The van der Waals surface area contributed by atoms with E-state index in [1.54, 1.807) is 12.1 Å². The quantitative estimate of drug-likeness (QED) is 0.517. The number of nitrogens with zero attached hydrogens (tertiary/aromatic N) is 2. The third kappa shape index (κ3) is 2.58. The molecule has 0 spiro atoms. The Morgan fingerprint density at radius 2 is 1.55 bits per heavy atom. The molecule has 3 unspecified atom stereocenters. The van der Waals surface area contributed by atoms with Crippen molar-refractivity contribution in [1.29, 1.82) is 0 Å². The molecular formula is C25H25Cl2N3O. The average Bonchev–Trinajstić information content (AvgIpc) is 3.03. The van der Waals surface area contributed by atoms with Gasteiger partial charge in [-0.3, -0.25) is 4.79 Å². The molecule has 1 saturated carbocycles. The second-order valence-corrected chi connectivity index (χ2v) is 10.5. The molecule has 2 aliphatic rings. The van der Waals surface area contributed by atoms with Crippen LogP contribution < -0.4 is 5.32 Å². The van der Waals surface area contributed by atoms with Crippen molar-refractivity contribution in [2.45, 2.75) is 57.4 Å². The molecular weight excluding hydrogens is 429 g/mol. The van der Waals surface area contributed by atoms with E-state index in [1.165, 1.54) is 0 Å². The highest BCUT2D eigenvalue weighted by Crippen LogP contribution is 2.70. The zero-order valence-corrected chi connectivity index (χ0v) is 19.6. The first-order chi connectivity index (χ1) is 14.6. The molecule has 1 fully saturated rings. The number of hydrogen-bond donors (Lipinski definition) is 1. The number of rotatable bonds is 3. The van der Waals surface area contributed by atoms with Gasteiger partial charge in [0.1, 0.15) is 0 Å². The summed E-state index contributed by atoms with van der Waals surface area (Å²) in [5.41, 5.74) is 2.83. The standard InChI is InChI=1S/C25H25Cl2N3O/c1-14(15-8-6-5-7-9-15)28-22(31)25-11-10-24(4,23(25,2)3)20-21(25)30-19-13-17(27)16(26)12-18(19)29-20/h5-9,12-14H,10-11H2,1-4H3,(H,28,31). The van der Waals surface area contributed by atoms with E-state index in [9.17, 15) is 4.79 Å². The molecule has 31 heavy (non-hydrogen) atoms. The maximum absolute atomic E-state index is 14.0. The summed E-state index contributed by atoms with van der Waals surface area (Å²) < 4.78 is 0. The molecule has 2 aromatic carbocycles. The van der Waals surface area contributed by atoms with E-state index in [0.717, 1.165) is 29.8 Å². The molecule has 160 valence electrons. The van der Waals surface area contributed by atoms with Gasteiger partial charge in [-0.25, -0.2) is 9.97 Å². The van der Waals surface area contributed by atoms with Crippen molar-refractivity contribution in [3.05, 3.63) is 69.5 Å². The Hall–Kier alpha value is -2.17. The van der Waals surface area contributed by atoms with Crippen LogP contribution in [0.3, 0.4) is 0 Å². The molecule has 2 bridgehead atoms. The first-order valence-corrected chi connectivity index (χ1v) is 11.4. The molecule has 2 aliphatic carbocycles. The Labute approximate surface area is 192 Å². The summed E-state index contributed by atoms with van der Waals surface area (Å²) in [5, 5.41) is 4.18. The SMILES string of the molecule is CC(NC(=O)C12CCC(C)(c3nc4cc(Cl)c(Cl)cc4nc31)C2(C)C)c1ccccc1. The monoisotopic (exact) mass is 453 g/mol. The Kier molecular flexibility index (Phi) is 4.45. The van der Waals surface area contributed by atoms with Gasteiger partial charge < -0.3 is 5.32 Å². The van der Waals surface area contributed by atoms with Crippen molar-refractivity contribution < 1.29 is 4.79 Å². The fourth-order valence-corrected chi connectivity index (χ4v) is 6.06. The minimum Gasteiger partial charge on any atom is -0.349 e. The van der Waals surface area contributed by atoms with Crippen molar-refractivity contribution in [2.24, 2.45) is 5.41 Å². The highest BCUT2D eigenvalue weighted by Gasteiger charge is 2.73. The van der Waals surface area contributed by atoms with Crippen molar-refractivity contribution in [3.8, 4) is 0 Å². The minimum absolute atomic E-state index is 0.0186. The average molecular weight is 454 g/mol. The van der Waals surface area contributed by atoms with Crippen LogP contribution in [0.2, 0.25) is 10.0 Å². The summed E-state index contributed by atoms with van der Waals surface area (Å²) >= 11 is 12.5. The van der Waals surface area contributed by atoms with Gasteiger partial charge in [0.15, 0.2) is 0 Å². The number of hydrogen-bond acceptors (Lipinski definition) is 3. The third-order valence-corrected chi connectivity index (χ3v) is 8.84. The van der Waals surface area contributed by atoms with Gasteiger partial charge in [0.05, 0.1) is 43.9 Å². The van der Waals surface area contributed by atoms with Crippen molar-refractivity contribution in [3.63, 3.8) is 0 Å². The minimum atomic E-state index is -0.743. The Bertz CT molecular complexity index is 1230. The number of fused-ring (bicyclic) bond motifs is 6. The lowest BCUT2D eigenvalue weighted by molar-refractivity contribution is -0.131. The summed E-state index contributed by atoms with van der Waals surface area (Å²) in [4.78, 5) is 23.9. The van der Waals surface area contributed by atoms with Gasteiger partial charge in [0.2, 0.25) is 5.91 Å². The van der Waals surface area contributed by atoms with Crippen LogP contribution >= 0.6 is 23.2 Å². The fraction of sp³-hybridized carbons (Fsp3) is 0.400. The molecule has 1 heterocycles. The summed E-state index contributed by atoms with van der Waals surface area (Å²) in [6.45, 7) is 8.60. The maximum atomic E-state index is 14.0. The number of benzene rings is 2. The van der Waals surface area contributed by atoms with E-state index >= 15 is 0 Å². The molecule has 1 amide bonds. The summed E-state index contributed by atoms with van der Waals surface area (Å²) in [7, 11) is 0. The van der Waals surface area contributed by atoms with Crippen molar-refractivity contribution >= 4 is 40.1 Å². The van der Waals surface area contributed by atoms with Crippen LogP contribution in [-0.4, -0.2) is 15.9 Å². The van der Waals surface area contributed by atoms with E-state index in [0.29, 0.717) is 21.1 Å². The topological polar surface area (TPSA) is 54.9 Å². The second-order valence-electron chi connectivity index (χ2n) is 9.64. The van der Waals surface area contributed by atoms with Crippen molar-refractivity contribution in [1.82, 2.24) is 15.3 Å². The molecule has 6 heteroatoms. The van der Waals surface area contributed by atoms with Crippen LogP contribution in [0.1, 0.15) is 63.5 Å². The van der Waals surface area contributed by atoms with Gasteiger partial charge in [-0.1, -0.05) is 74.3 Å². The van der Waals surface area contributed by atoms with Gasteiger partial charge in [0.25, 0.3) is 0 Å². The van der Waals surface area contributed by atoms with E-state index in [4.69, 9.17) is 33.2 Å². The third-order valence-electron chi connectivity index (χ3n) is 8.11. The predicted octanol–water partition coefficient (Wildman–Crippen LogP) is 6.14. The van der Waals surface area contributed by atoms with Gasteiger partial charge in [-0.2, -0.15) is 0 Å². The molecule has 0 aliphatic heterocycles. The van der Waals surface area contributed by atoms with Gasteiger partial charge in [-0.15, -0.1) is 0 Å². The van der Waals surface area contributed by atoms with Gasteiger partial charge >= 0.3 is 0 Å². The predicted molar refractivity (Wildman–Crippen MR) is 125 cm³/mol. The molecule has 0 saturated heterocycles. The number of carbonyl (C=O) groups is 1. The number of halogens is 2. The molecule has 1 N–H and O–H groups in total. The van der Waals surface area contributed by atoms with Crippen LogP contribution in [0.4, 0.5) is 0 Å². The number of aromatic nitrogens is 2. The summed E-state index contributed by atoms with van der Waals surface area (Å²) in [5.74, 6) is 0.0186. The van der Waals surface area contributed by atoms with Crippen LogP contribution in [0.25, 0.3) is 11.0 Å². The Morgan fingerprint density at radius 1 is 0.968 bits per heavy atom. The van der Waals surface area contributed by atoms with Crippen LogP contribution in [0, 0.1) is 5.41 Å². The highest BCUT2D eigenvalue weighted by molar-refractivity contribution is 6.42. The Morgan fingerprint density at radius 3 is 2.16 bits per heavy atom. The van der Waals surface area contributed by atoms with E-state index in [1.807, 2.05) is 37.3 Å². The Balaban J connectivity index is 1.66. The maximum Gasteiger partial charge on any atom is 0.233 e. The second kappa shape index (κ2) is 6.66. The normalized spacial score (nSPS) is 26.6. The smallest absolute Gasteiger partial charge is 0.233 e. The zero-order chi connectivity index (χ0) is 22.2. The number of nitrogens with one attached hydrogen (secondary N) is 1. The molecule has 3 atom stereocenters. The van der Waals surface area contributed by atoms with Crippen LogP contribution in [0.15, 0.2) is 42.5 Å². The van der Waals surface area contributed by atoms with E-state index in [-0.39, 0.29) is 22.8 Å². The molecule has 3 aromatic rings. The molecule has 1 aromatic heterocycles. The molecule has 0 radical (unpaired) electrons. The van der Waals surface area contributed by atoms with E-state index in [2.05, 4.69) is 26.1 Å².